The number of hydrogen-bond donors (Lipinski definition) is 1. The molecule has 0 saturated carbocycles. The Labute approximate surface area is 109 Å². The molecule has 2 rings (SSSR count). The van der Waals surface area contributed by atoms with E-state index in [0.717, 1.165) is 6.07 Å². The van der Waals surface area contributed by atoms with Crippen LogP contribution >= 0.6 is 0 Å². The Kier molecular flexibility index (Phi) is 3.66. The van der Waals surface area contributed by atoms with E-state index in [1.165, 1.54) is 19.2 Å². The zero-order valence-electron chi connectivity index (χ0n) is 10.1. The predicted octanol–water partition coefficient (Wildman–Crippen LogP) is 3.32. The first-order valence-corrected chi connectivity index (χ1v) is 5.45. The first-order valence-electron chi connectivity index (χ1n) is 5.45. The molecule has 0 unspecified atom stereocenters. The summed E-state index contributed by atoms with van der Waals surface area (Å²) in [7, 11) is 1.50. The number of rotatable bonds is 4. The summed E-state index contributed by atoms with van der Waals surface area (Å²) in [5.41, 5.74) is -0.495. The highest BCUT2D eigenvalue weighted by atomic mass is 19.1. The van der Waals surface area contributed by atoms with Crippen molar-refractivity contribution in [2.75, 3.05) is 7.11 Å². The molecule has 0 aliphatic rings. The van der Waals surface area contributed by atoms with Gasteiger partial charge in [0.15, 0.2) is 0 Å². The highest BCUT2D eigenvalue weighted by Crippen LogP contribution is 2.29. The Morgan fingerprint density at radius 2 is 1.84 bits per heavy atom. The lowest BCUT2D eigenvalue weighted by molar-refractivity contribution is 0.0689. The maximum absolute atomic E-state index is 13.5. The number of carboxylic acid groups (broad SMARTS) is 1. The van der Waals surface area contributed by atoms with Crippen LogP contribution in [0.25, 0.3) is 0 Å². The van der Waals surface area contributed by atoms with Crippen LogP contribution in [0.5, 0.6) is 17.2 Å². The van der Waals surface area contributed by atoms with Gasteiger partial charge < -0.3 is 14.6 Å². The van der Waals surface area contributed by atoms with Gasteiger partial charge in [-0.3, -0.25) is 0 Å². The first kappa shape index (κ1) is 12.9. The number of hydrogen-bond acceptors (Lipinski definition) is 3. The second-order valence-corrected chi connectivity index (χ2v) is 3.70. The number of carboxylic acids is 1. The van der Waals surface area contributed by atoms with Crippen LogP contribution in [-0.2, 0) is 0 Å². The molecule has 0 atom stereocenters. The van der Waals surface area contributed by atoms with Crippen LogP contribution in [0.3, 0.4) is 0 Å². The molecule has 0 radical (unpaired) electrons. The summed E-state index contributed by atoms with van der Waals surface area (Å²) >= 11 is 0. The highest BCUT2D eigenvalue weighted by molar-refractivity contribution is 5.91. The minimum atomic E-state index is -1.38. The monoisotopic (exact) mass is 262 g/mol. The average molecular weight is 262 g/mol. The number of aromatic carboxylic acids is 1. The zero-order valence-corrected chi connectivity index (χ0v) is 10.1. The molecular weight excluding hydrogens is 251 g/mol. The third-order valence-electron chi connectivity index (χ3n) is 2.46. The molecule has 4 nitrogen and oxygen atoms in total. The molecule has 0 aliphatic carbocycles. The minimum absolute atomic E-state index is 0.0549. The fraction of sp³-hybridized carbons (Fsp3) is 0.0714. The van der Waals surface area contributed by atoms with Crippen molar-refractivity contribution in [2.24, 2.45) is 0 Å². The lowest BCUT2D eigenvalue weighted by Crippen LogP contribution is -2.03. The Morgan fingerprint density at radius 1 is 1.16 bits per heavy atom. The molecule has 0 bridgehead atoms. The quantitative estimate of drug-likeness (QED) is 0.918. The van der Waals surface area contributed by atoms with Crippen LogP contribution in [0.4, 0.5) is 4.39 Å². The molecule has 5 heteroatoms. The molecule has 0 aromatic heterocycles. The van der Waals surface area contributed by atoms with Gasteiger partial charge in [0.1, 0.15) is 28.6 Å². The fourth-order valence-corrected chi connectivity index (χ4v) is 1.59. The van der Waals surface area contributed by atoms with Gasteiger partial charge in [0.25, 0.3) is 0 Å². The molecule has 0 spiro atoms. The van der Waals surface area contributed by atoms with E-state index in [9.17, 15) is 9.18 Å². The van der Waals surface area contributed by atoms with Crippen molar-refractivity contribution >= 4 is 5.97 Å². The van der Waals surface area contributed by atoms with Crippen molar-refractivity contribution in [3.63, 3.8) is 0 Å². The van der Waals surface area contributed by atoms with Gasteiger partial charge in [-0.1, -0.05) is 12.1 Å². The van der Waals surface area contributed by atoms with Crippen LogP contribution in [-0.4, -0.2) is 18.2 Å². The van der Waals surface area contributed by atoms with Crippen LogP contribution in [0.2, 0.25) is 0 Å². The van der Waals surface area contributed by atoms with Crippen LogP contribution in [0, 0.1) is 5.82 Å². The standard InChI is InChI=1S/C14H11FO4/c1-18-9-4-2-5-10(8-9)19-12-7-3-6-11(15)13(12)14(16)17/h2-8H,1H3,(H,16,17). The second kappa shape index (κ2) is 5.39. The summed E-state index contributed by atoms with van der Waals surface area (Å²) in [4.78, 5) is 11.0. The summed E-state index contributed by atoms with van der Waals surface area (Å²) < 4.78 is 23.9. The van der Waals surface area contributed by atoms with Crippen molar-refractivity contribution in [1.82, 2.24) is 0 Å². The molecule has 0 aliphatic heterocycles. The van der Waals surface area contributed by atoms with E-state index in [0.29, 0.717) is 11.5 Å². The molecule has 0 amide bonds. The summed E-state index contributed by atoms with van der Waals surface area (Å²) in [6.45, 7) is 0. The largest absolute Gasteiger partial charge is 0.497 e. The van der Waals surface area contributed by atoms with Gasteiger partial charge in [-0.05, 0) is 24.3 Å². The van der Waals surface area contributed by atoms with Gasteiger partial charge in [-0.2, -0.15) is 0 Å². The molecule has 19 heavy (non-hydrogen) atoms. The van der Waals surface area contributed by atoms with Gasteiger partial charge in [-0.15, -0.1) is 0 Å². The Balaban J connectivity index is 2.38. The van der Waals surface area contributed by atoms with Gasteiger partial charge in [0, 0.05) is 6.07 Å². The van der Waals surface area contributed by atoms with Gasteiger partial charge in [0.2, 0.25) is 0 Å². The number of halogens is 1. The molecular formula is C14H11FO4. The number of carbonyl (C=O) groups is 1. The molecule has 2 aromatic rings. The van der Waals surface area contributed by atoms with E-state index in [4.69, 9.17) is 14.6 Å². The smallest absolute Gasteiger partial charge is 0.342 e. The van der Waals surface area contributed by atoms with Crippen molar-refractivity contribution in [3.8, 4) is 17.2 Å². The maximum atomic E-state index is 13.5. The van der Waals surface area contributed by atoms with E-state index < -0.39 is 17.3 Å². The average Bonchev–Trinajstić information content (AvgIpc) is 2.38. The normalized spacial score (nSPS) is 10.0. The zero-order chi connectivity index (χ0) is 13.8. The lowest BCUT2D eigenvalue weighted by Gasteiger charge is -2.10. The van der Waals surface area contributed by atoms with Gasteiger partial charge >= 0.3 is 5.97 Å². The van der Waals surface area contributed by atoms with Gasteiger partial charge in [0.05, 0.1) is 7.11 Å². The maximum Gasteiger partial charge on any atom is 0.342 e. The third kappa shape index (κ3) is 2.82. The highest BCUT2D eigenvalue weighted by Gasteiger charge is 2.17. The summed E-state index contributed by atoms with van der Waals surface area (Å²) in [6.07, 6.45) is 0. The Hall–Kier alpha value is -2.56. The van der Waals surface area contributed by atoms with E-state index in [-0.39, 0.29) is 5.75 Å². The molecule has 98 valence electrons. The molecule has 0 fully saturated rings. The van der Waals surface area contributed by atoms with Crippen LogP contribution < -0.4 is 9.47 Å². The van der Waals surface area contributed by atoms with E-state index >= 15 is 0 Å². The summed E-state index contributed by atoms with van der Waals surface area (Å²) in [5, 5.41) is 8.98. The Bertz CT molecular complexity index is 610. The topological polar surface area (TPSA) is 55.8 Å². The van der Waals surface area contributed by atoms with E-state index in [1.807, 2.05) is 0 Å². The Morgan fingerprint density at radius 3 is 2.53 bits per heavy atom. The summed E-state index contributed by atoms with van der Waals surface area (Å²) in [5.74, 6) is -1.34. The minimum Gasteiger partial charge on any atom is -0.497 e. The second-order valence-electron chi connectivity index (χ2n) is 3.70. The lowest BCUT2D eigenvalue weighted by atomic mass is 10.2. The third-order valence-corrected chi connectivity index (χ3v) is 2.46. The van der Waals surface area contributed by atoms with Crippen molar-refractivity contribution in [3.05, 3.63) is 53.8 Å². The SMILES string of the molecule is COc1cccc(Oc2cccc(F)c2C(=O)O)c1. The molecule has 1 N–H and O–H groups in total. The number of methoxy groups -OCH3 is 1. The fourth-order valence-electron chi connectivity index (χ4n) is 1.59. The molecule has 0 saturated heterocycles. The van der Waals surface area contributed by atoms with Gasteiger partial charge in [-0.25, -0.2) is 9.18 Å². The van der Waals surface area contributed by atoms with Crippen molar-refractivity contribution in [1.29, 1.82) is 0 Å². The van der Waals surface area contributed by atoms with Crippen LogP contribution in [0.15, 0.2) is 42.5 Å². The number of benzene rings is 2. The van der Waals surface area contributed by atoms with Crippen LogP contribution in [0.1, 0.15) is 10.4 Å². The molecule has 0 heterocycles. The van der Waals surface area contributed by atoms with E-state index in [2.05, 4.69) is 0 Å². The van der Waals surface area contributed by atoms with E-state index in [1.54, 1.807) is 24.3 Å². The first-order chi connectivity index (χ1) is 9.11. The van der Waals surface area contributed by atoms with Crippen molar-refractivity contribution < 1.29 is 23.8 Å². The molecule has 2 aromatic carbocycles. The summed E-state index contributed by atoms with van der Waals surface area (Å²) in [6, 6.07) is 10.5. The van der Waals surface area contributed by atoms with Crippen molar-refractivity contribution in [2.45, 2.75) is 0 Å². The number of ether oxygens (including phenoxy) is 2. The predicted molar refractivity (Wildman–Crippen MR) is 66.4 cm³/mol.